The number of hydrogen-bond donors (Lipinski definition) is 1. The highest BCUT2D eigenvalue weighted by atomic mass is 16.7. The fourth-order valence-corrected chi connectivity index (χ4v) is 3.41. The lowest BCUT2D eigenvalue weighted by molar-refractivity contribution is -0.251. The number of ether oxygens (including phenoxy) is 2. The van der Waals surface area contributed by atoms with E-state index in [-0.39, 0.29) is 12.0 Å². The van der Waals surface area contributed by atoms with Gasteiger partial charge in [-0.05, 0) is 57.8 Å². The zero-order valence-electron chi connectivity index (χ0n) is 10.0. The Morgan fingerprint density at radius 3 is 2.50 bits per heavy atom. The van der Waals surface area contributed by atoms with Gasteiger partial charge in [-0.15, -0.1) is 0 Å². The second-order valence-corrected chi connectivity index (χ2v) is 5.53. The summed E-state index contributed by atoms with van der Waals surface area (Å²) in [5.74, 6) is 0. The van der Waals surface area contributed by atoms with Gasteiger partial charge in [-0.2, -0.15) is 0 Å². The highest BCUT2D eigenvalue weighted by molar-refractivity contribution is 4.92. The number of nitrogens with one attached hydrogen (secondary N) is 1. The molecule has 0 aromatic heterocycles. The summed E-state index contributed by atoms with van der Waals surface area (Å²) in [7, 11) is 0. The molecule has 3 nitrogen and oxygen atoms in total. The summed E-state index contributed by atoms with van der Waals surface area (Å²) < 4.78 is 12.0. The van der Waals surface area contributed by atoms with E-state index in [1.165, 1.54) is 51.4 Å². The Bertz CT molecular complexity index is 228. The maximum Gasteiger partial charge on any atom is 0.159 e. The fraction of sp³-hybridized carbons (Fsp3) is 1.00. The van der Waals surface area contributed by atoms with E-state index in [0.717, 1.165) is 13.0 Å². The van der Waals surface area contributed by atoms with Crippen LogP contribution in [0.4, 0.5) is 0 Å². The van der Waals surface area contributed by atoms with Crippen molar-refractivity contribution in [3.8, 4) is 0 Å². The minimum Gasteiger partial charge on any atom is -0.353 e. The van der Waals surface area contributed by atoms with Crippen molar-refractivity contribution in [3.05, 3.63) is 0 Å². The summed E-state index contributed by atoms with van der Waals surface area (Å²) in [5, 5.41) is 3.71. The van der Waals surface area contributed by atoms with E-state index in [1.807, 2.05) is 0 Å². The van der Waals surface area contributed by atoms with E-state index in [0.29, 0.717) is 6.04 Å². The van der Waals surface area contributed by atoms with Gasteiger partial charge >= 0.3 is 0 Å². The van der Waals surface area contributed by atoms with Crippen LogP contribution in [0.15, 0.2) is 0 Å². The van der Waals surface area contributed by atoms with Crippen LogP contribution in [0.3, 0.4) is 0 Å². The predicted octanol–water partition coefficient (Wildman–Crippen LogP) is 2.55. The smallest absolute Gasteiger partial charge is 0.159 e. The molecule has 3 aliphatic rings. The van der Waals surface area contributed by atoms with E-state index in [2.05, 4.69) is 5.32 Å². The molecule has 2 bridgehead atoms. The third-order valence-electron chi connectivity index (χ3n) is 4.23. The molecule has 0 radical (unpaired) electrons. The first-order valence-electron chi connectivity index (χ1n) is 6.93. The van der Waals surface area contributed by atoms with Crippen LogP contribution >= 0.6 is 0 Å². The third kappa shape index (κ3) is 2.27. The summed E-state index contributed by atoms with van der Waals surface area (Å²) in [4.78, 5) is 0. The molecule has 3 fully saturated rings. The fourth-order valence-electron chi connectivity index (χ4n) is 3.41. The van der Waals surface area contributed by atoms with Gasteiger partial charge in [0.05, 0.1) is 0 Å². The Hall–Kier alpha value is -0.120. The molecule has 3 heterocycles. The summed E-state index contributed by atoms with van der Waals surface area (Å²) in [6.07, 6.45) is 11.2. The van der Waals surface area contributed by atoms with Gasteiger partial charge in [-0.25, -0.2) is 0 Å². The SMILES string of the molecule is C1CCC(OC23CCCC(CCC2)N3)OC1. The van der Waals surface area contributed by atoms with Gasteiger partial charge in [0.2, 0.25) is 0 Å². The standard InChI is InChI=1S/C13H23NO2/c1-2-10-15-12(7-1)16-13-8-3-5-11(14-13)6-4-9-13/h11-12,14H,1-10H2. The first-order chi connectivity index (χ1) is 7.86. The normalized spacial score (nSPS) is 44.2. The summed E-state index contributed by atoms with van der Waals surface area (Å²) in [6.45, 7) is 0.879. The Kier molecular flexibility index (Phi) is 3.18. The molecule has 0 aromatic rings. The maximum absolute atomic E-state index is 6.26. The van der Waals surface area contributed by atoms with Crippen molar-refractivity contribution in [2.75, 3.05) is 6.61 Å². The van der Waals surface area contributed by atoms with E-state index in [4.69, 9.17) is 9.47 Å². The summed E-state index contributed by atoms with van der Waals surface area (Å²) >= 11 is 0. The van der Waals surface area contributed by atoms with E-state index >= 15 is 0 Å². The molecule has 0 amide bonds. The molecule has 0 spiro atoms. The van der Waals surface area contributed by atoms with Gasteiger partial charge in [0.15, 0.2) is 6.29 Å². The predicted molar refractivity (Wildman–Crippen MR) is 62.0 cm³/mol. The molecular formula is C13H23NO2. The Morgan fingerprint density at radius 1 is 1.00 bits per heavy atom. The van der Waals surface area contributed by atoms with Gasteiger partial charge in [0.1, 0.15) is 5.72 Å². The molecule has 3 rings (SSSR count). The monoisotopic (exact) mass is 225 g/mol. The van der Waals surface area contributed by atoms with Crippen LogP contribution in [0.1, 0.15) is 57.8 Å². The first kappa shape index (κ1) is 11.0. The zero-order chi connectivity index (χ0) is 10.8. The lowest BCUT2D eigenvalue weighted by Gasteiger charge is -2.47. The van der Waals surface area contributed by atoms with Crippen molar-refractivity contribution >= 4 is 0 Å². The van der Waals surface area contributed by atoms with Crippen molar-refractivity contribution in [1.82, 2.24) is 5.32 Å². The lowest BCUT2D eigenvalue weighted by Crippen LogP contribution is -2.59. The molecule has 92 valence electrons. The minimum absolute atomic E-state index is 0.0385. The zero-order valence-corrected chi connectivity index (χ0v) is 10.0. The molecule has 3 saturated heterocycles. The van der Waals surface area contributed by atoms with E-state index < -0.39 is 0 Å². The maximum atomic E-state index is 6.26. The molecule has 1 unspecified atom stereocenters. The van der Waals surface area contributed by atoms with Gasteiger partial charge < -0.3 is 9.47 Å². The van der Waals surface area contributed by atoms with Crippen LogP contribution in [0.2, 0.25) is 0 Å². The van der Waals surface area contributed by atoms with E-state index in [1.54, 1.807) is 0 Å². The van der Waals surface area contributed by atoms with Crippen molar-refractivity contribution < 1.29 is 9.47 Å². The van der Waals surface area contributed by atoms with Gasteiger partial charge in [-0.3, -0.25) is 5.32 Å². The summed E-state index contributed by atoms with van der Waals surface area (Å²) in [5.41, 5.74) is -0.0385. The van der Waals surface area contributed by atoms with Crippen LogP contribution in [0, 0.1) is 0 Å². The first-order valence-corrected chi connectivity index (χ1v) is 6.93. The summed E-state index contributed by atoms with van der Waals surface area (Å²) in [6, 6.07) is 0.700. The van der Waals surface area contributed by atoms with Crippen molar-refractivity contribution in [3.63, 3.8) is 0 Å². The largest absolute Gasteiger partial charge is 0.353 e. The molecule has 16 heavy (non-hydrogen) atoms. The number of rotatable bonds is 2. The molecule has 0 saturated carbocycles. The molecule has 1 N–H and O–H groups in total. The quantitative estimate of drug-likeness (QED) is 0.783. The van der Waals surface area contributed by atoms with Gasteiger partial charge in [0.25, 0.3) is 0 Å². The lowest BCUT2D eigenvalue weighted by atomic mass is 9.84. The average Bonchev–Trinajstić information content (AvgIpc) is 2.30. The Balaban J connectivity index is 1.62. The van der Waals surface area contributed by atoms with Crippen LogP contribution < -0.4 is 5.32 Å². The molecular weight excluding hydrogens is 202 g/mol. The molecule has 0 aromatic carbocycles. The highest BCUT2D eigenvalue weighted by Gasteiger charge is 2.41. The number of fused-ring (bicyclic) bond motifs is 2. The van der Waals surface area contributed by atoms with Gasteiger partial charge in [-0.1, -0.05) is 0 Å². The number of hydrogen-bond acceptors (Lipinski definition) is 3. The number of piperidine rings is 2. The Labute approximate surface area is 97.9 Å². The molecule has 3 heteroatoms. The molecule has 1 atom stereocenters. The van der Waals surface area contributed by atoms with Crippen LogP contribution in [0.25, 0.3) is 0 Å². The Morgan fingerprint density at radius 2 is 1.81 bits per heavy atom. The second kappa shape index (κ2) is 4.63. The van der Waals surface area contributed by atoms with Crippen molar-refractivity contribution in [1.29, 1.82) is 0 Å². The average molecular weight is 225 g/mol. The van der Waals surface area contributed by atoms with E-state index in [9.17, 15) is 0 Å². The second-order valence-electron chi connectivity index (χ2n) is 5.53. The van der Waals surface area contributed by atoms with Crippen molar-refractivity contribution in [2.45, 2.75) is 75.8 Å². The van der Waals surface area contributed by atoms with Gasteiger partial charge in [0, 0.05) is 12.6 Å². The van der Waals surface area contributed by atoms with Crippen LogP contribution in [-0.2, 0) is 9.47 Å². The van der Waals surface area contributed by atoms with Crippen LogP contribution in [0.5, 0.6) is 0 Å². The third-order valence-corrected chi connectivity index (χ3v) is 4.23. The topological polar surface area (TPSA) is 30.5 Å². The minimum atomic E-state index is -0.0385. The molecule has 0 aliphatic carbocycles. The molecule has 3 aliphatic heterocycles. The van der Waals surface area contributed by atoms with Crippen LogP contribution in [-0.4, -0.2) is 24.7 Å². The van der Waals surface area contributed by atoms with Crippen molar-refractivity contribution in [2.24, 2.45) is 0 Å². The highest BCUT2D eigenvalue weighted by Crippen LogP contribution is 2.36.